The second-order valence-electron chi connectivity index (χ2n) is 3.58. The van der Waals surface area contributed by atoms with Crippen LogP contribution in [0.2, 0.25) is 0 Å². The van der Waals surface area contributed by atoms with Crippen molar-refractivity contribution in [2.24, 2.45) is 5.92 Å². The number of unbranched alkanes of at least 4 members (excludes halogenated alkanes) is 1. The molecule has 0 rings (SSSR count). The van der Waals surface area contributed by atoms with E-state index in [9.17, 15) is 9.59 Å². The van der Waals surface area contributed by atoms with Gasteiger partial charge in [-0.05, 0) is 12.8 Å². The molecule has 0 heterocycles. The van der Waals surface area contributed by atoms with Gasteiger partial charge in [0, 0.05) is 5.92 Å². The highest BCUT2D eigenvalue weighted by molar-refractivity contribution is 5.96. The normalized spacial score (nSPS) is 11.9. The third-order valence-corrected chi connectivity index (χ3v) is 2.36. The summed E-state index contributed by atoms with van der Waals surface area (Å²) in [6.07, 6.45) is 5.16. The minimum Gasteiger partial charge on any atom is -0.469 e. The lowest BCUT2D eigenvalue weighted by atomic mass is 9.92. The largest absolute Gasteiger partial charge is 0.469 e. The molecule has 0 aromatic heterocycles. The number of carbonyl (C=O) groups excluding carboxylic acids is 2. The van der Waals surface area contributed by atoms with Crippen molar-refractivity contribution >= 4 is 11.8 Å². The molecule has 0 aliphatic rings. The summed E-state index contributed by atoms with van der Waals surface area (Å²) in [5.74, 6) is -0.553. The zero-order valence-corrected chi connectivity index (χ0v) is 9.62. The number of ketones is 1. The average Bonchev–Trinajstić information content (AvgIpc) is 2.23. The zero-order valence-electron chi connectivity index (χ0n) is 9.62. The summed E-state index contributed by atoms with van der Waals surface area (Å²) < 4.78 is 4.47. The van der Waals surface area contributed by atoms with Gasteiger partial charge in [-0.1, -0.05) is 25.8 Å². The molecular formula is C12H20O3. The fourth-order valence-electron chi connectivity index (χ4n) is 1.42. The van der Waals surface area contributed by atoms with Crippen molar-refractivity contribution in [3.05, 3.63) is 12.7 Å². The highest BCUT2D eigenvalue weighted by Gasteiger charge is 2.19. The van der Waals surface area contributed by atoms with E-state index in [0.29, 0.717) is 6.42 Å². The smallest absolute Gasteiger partial charge is 0.313 e. The second-order valence-corrected chi connectivity index (χ2v) is 3.58. The number of hydrogen-bond donors (Lipinski definition) is 0. The average molecular weight is 212 g/mol. The van der Waals surface area contributed by atoms with Gasteiger partial charge in [-0.3, -0.25) is 9.59 Å². The van der Waals surface area contributed by atoms with Gasteiger partial charge in [-0.25, -0.2) is 0 Å². The van der Waals surface area contributed by atoms with Crippen LogP contribution in [0.1, 0.15) is 39.0 Å². The Bertz CT molecular complexity index is 221. The van der Waals surface area contributed by atoms with Crippen LogP contribution in [0.3, 0.4) is 0 Å². The van der Waals surface area contributed by atoms with Gasteiger partial charge in [-0.2, -0.15) is 0 Å². The van der Waals surface area contributed by atoms with E-state index in [1.54, 1.807) is 6.08 Å². The summed E-state index contributed by atoms with van der Waals surface area (Å²) in [4.78, 5) is 22.6. The molecule has 3 nitrogen and oxygen atoms in total. The van der Waals surface area contributed by atoms with Crippen LogP contribution in [0, 0.1) is 5.92 Å². The quantitative estimate of drug-likeness (QED) is 0.353. The molecule has 0 radical (unpaired) electrons. The van der Waals surface area contributed by atoms with Gasteiger partial charge < -0.3 is 4.74 Å². The molecule has 0 aromatic rings. The van der Waals surface area contributed by atoms with Gasteiger partial charge in [0.05, 0.1) is 7.11 Å². The Hall–Kier alpha value is -1.12. The summed E-state index contributed by atoms with van der Waals surface area (Å²) in [6.45, 7) is 5.70. The maximum absolute atomic E-state index is 11.7. The molecule has 0 saturated carbocycles. The van der Waals surface area contributed by atoms with E-state index in [1.807, 2.05) is 0 Å². The van der Waals surface area contributed by atoms with Crippen molar-refractivity contribution in [3.8, 4) is 0 Å². The van der Waals surface area contributed by atoms with Crippen molar-refractivity contribution in [1.82, 2.24) is 0 Å². The number of methoxy groups -OCH3 is 1. The summed E-state index contributed by atoms with van der Waals surface area (Å²) in [5, 5.41) is 0. The minimum absolute atomic E-state index is 0.0322. The standard InChI is InChI=1S/C12H20O3/c1-4-6-8-10(7-5-2)11(13)9-12(14)15-3/h5,10H,2,4,6-9H2,1,3H3. The molecule has 0 bridgehead atoms. The summed E-state index contributed by atoms with van der Waals surface area (Å²) >= 11 is 0. The number of allylic oxidation sites excluding steroid dienone is 1. The molecule has 0 aromatic carbocycles. The van der Waals surface area contributed by atoms with Crippen LogP contribution in [0.15, 0.2) is 12.7 Å². The number of hydrogen-bond acceptors (Lipinski definition) is 3. The summed E-state index contributed by atoms with van der Waals surface area (Å²) in [6, 6.07) is 0. The lowest BCUT2D eigenvalue weighted by Crippen LogP contribution is -2.18. The monoisotopic (exact) mass is 212 g/mol. The first-order valence-corrected chi connectivity index (χ1v) is 5.36. The molecule has 0 aliphatic heterocycles. The van der Waals surface area contributed by atoms with E-state index in [1.165, 1.54) is 7.11 Å². The predicted octanol–water partition coefficient (Wildman–Crippen LogP) is 2.50. The zero-order chi connectivity index (χ0) is 11.7. The fraction of sp³-hybridized carbons (Fsp3) is 0.667. The van der Waals surface area contributed by atoms with Crippen LogP contribution in [0.4, 0.5) is 0 Å². The lowest BCUT2D eigenvalue weighted by molar-refractivity contribution is -0.144. The first kappa shape index (κ1) is 13.9. The Morgan fingerprint density at radius 2 is 2.13 bits per heavy atom. The van der Waals surface area contributed by atoms with Crippen LogP contribution >= 0.6 is 0 Å². The molecule has 0 spiro atoms. The molecule has 86 valence electrons. The van der Waals surface area contributed by atoms with Gasteiger partial charge in [-0.15, -0.1) is 6.58 Å². The van der Waals surface area contributed by atoms with Gasteiger partial charge >= 0.3 is 5.97 Å². The van der Waals surface area contributed by atoms with Crippen LogP contribution in [-0.4, -0.2) is 18.9 Å². The first-order chi connectivity index (χ1) is 7.15. The maximum Gasteiger partial charge on any atom is 0.313 e. The molecule has 0 aliphatic carbocycles. The van der Waals surface area contributed by atoms with E-state index < -0.39 is 5.97 Å². The van der Waals surface area contributed by atoms with Gasteiger partial charge in [0.25, 0.3) is 0 Å². The van der Waals surface area contributed by atoms with Crippen molar-refractivity contribution in [1.29, 1.82) is 0 Å². The highest BCUT2D eigenvalue weighted by atomic mass is 16.5. The summed E-state index contributed by atoms with van der Waals surface area (Å²) in [5.41, 5.74) is 0. The molecule has 1 atom stereocenters. The van der Waals surface area contributed by atoms with Crippen molar-refractivity contribution < 1.29 is 14.3 Å². The fourth-order valence-corrected chi connectivity index (χ4v) is 1.42. The number of Topliss-reactive ketones (excluding diaryl/α,β-unsaturated/α-hetero) is 1. The topological polar surface area (TPSA) is 43.4 Å². The Balaban J connectivity index is 4.14. The van der Waals surface area contributed by atoms with Crippen LogP contribution in [0.5, 0.6) is 0 Å². The van der Waals surface area contributed by atoms with E-state index >= 15 is 0 Å². The Morgan fingerprint density at radius 1 is 1.47 bits per heavy atom. The van der Waals surface area contributed by atoms with Crippen LogP contribution in [0.25, 0.3) is 0 Å². The highest BCUT2D eigenvalue weighted by Crippen LogP contribution is 2.16. The Kier molecular flexibility index (Phi) is 7.60. The van der Waals surface area contributed by atoms with E-state index in [0.717, 1.165) is 19.3 Å². The Labute approximate surface area is 91.5 Å². The number of ether oxygens (including phenoxy) is 1. The lowest BCUT2D eigenvalue weighted by Gasteiger charge is -2.12. The van der Waals surface area contributed by atoms with E-state index in [2.05, 4.69) is 18.2 Å². The van der Waals surface area contributed by atoms with Gasteiger partial charge in [0.15, 0.2) is 0 Å². The molecule has 0 amide bonds. The first-order valence-electron chi connectivity index (χ1n) is 5.36. The maximum atomic E-state index is 11.7. The SMILES string of the molecule is C=CCC(CCCC)C(=O)CC(=O)OC. The van der Waals surface area contributed by atoms with E-state index in [-0.39, 0.29) is 18.1 Å². The minimum atomic E-state index is -0.453. The second kappa shape index (κ2) is 8.21. The number of carbonyl (C=O) groups is 2. The van der Waals surface area contributed by atoms with Gasteiger partial charge in [0.1, 0.15) is 12.2 Å². The van der Waals surface area contributed by atoms with Gasteiger partial charge in [0.2, 0.25) is 0 Å². The van der Waals surface area contributed by atoms with Crippen molar-refractivity contribution in [2.45, 2.75) is 39.0 Å². The molecule has 0 saturated heterocycles. The van der Waals surface area contributed by atoms with E-state index in [4.69, 9.17) is 0 Å². The molecule has 1 unspecified atom stereocenters. The number of esters is 1. The van der Waals surface area contributed by atoms with Crippen molar-refractivity contribution in [2.75, 3.05) is 7.11 Å². The summed E-state index contributed by atoms with van der Waals surface area (Å²) in [7, 11) is 1.30. The number of rotatable bonds is 8. The third kappa shape index (κ3) is 6.05. The third-order valence-electron chi connectivity index (χ3n) is 2.36. The Morgan fingerprint density at radius 3 is 2.60 bits per heavy atom. The molecule has 3 heteroatoms. The van der Waals surface area contributed by atoms with Crippen molar-refractivity contribution in [3.63, 3.8) is 0 Å². The van der Waals surface area contributed by atoms with Crippen LogP contribution in [-0.2, 0) is 14.3 Å². The molecular weight excluding hydrogens is 192 g/mol. The van der Waals surface area contributed by atoms with Crippen LogP contribution < -0.4 is 0 Å². The molecule has 0 N–H and O–H groups in total. The molecule has 0 fully saturated rings. The molecule has 15 heavy (non-hydrogen) atoms. The predicted molar refractivity (Wildman–Crippen MR) is 59.5 cm³/mol.